The molecule has 0 saturated carbocycles. The SMILES string of the molecule is C[C@@H](Sc1nnc(-c2cccs2)n1-c1ccccc1)C(=O)NCc1ccco1. The molecule has 0 bridgehead atoms. The van der Waals surface area contributed by atoms with Crippen molar-refractivity contribution in [2.45, 2.75) is 23.9 Å². The van der Waals surface area contributed by atoms with Gasteiger partial charge in [0.15, 0.2) is 11.0 Å². The summed E-state index contributed by atoms with van der Waals surface area (Å²) in [5, 5.41) is 14.0. The van der Waals surface area contributed by atoms with Gasteiger partial charge in [-0.1, -0.05) is 36.0 Å². The summed E-state index contributed by atoms with van der Waals surface area (Å²) in [7, 11) is 0. The molecule has 0 saturated heterocycles. The van der Waals surface area contributed by atoms with E-state index in [4.69, 9.17) is 4.42 Å². The molecule has 142 valence electrons. The molecule has 0 radical (unpaired) electrons. The van der Waals surface area contributed by atoms with E-state index in [1.807, 2.05) is 65.4 Å². The number of amides is 1. The van der Waals surface area contributed by atoms with Gasteiger partial charge in [0, 0.05) is 5.69 Å². The van der Waals surface area contributed by atoms with E-state index in [9.17, 15) is 4.79 Å². The van der Waals surface area contributed by atoms with Crippen LogP contribution in [0.5, 0.6) is 0 Å². The third-order valence-corrected chi connectivity index (χ3v) is 5.97. The van der Waals surface area contributed by atoms with Crippen LogP contribution in [0.25, 0.3) is 16.4 Å². The van der Waals surface area contributed by atoms with Crippen LogP contribution < -0.4 is 5.32 Å². The molecule has 1 N–H and O–H groups in total. The lowest BCUT2D eigenvalue weighted by Crippen LogP contribution is -2.30. The number of carbonyl (C=O) groups is 1. The number of hydrogen-bond donors (Lipinski definition) is 1. The topological polar surface area (TPSA) is 73.0 Å². The Labute approximate surface area is 170 Å². The number of carbonyl (C=O) groups excluding carboxylic acids is 1. The average Bonchev–Trinajstić information content (AvgIpc) is 3.47. The van der Waals surface area contributed by atoms with Gasteiger partial charge in [-0.15, -0.1) is 21.5 Å². The lowest BCUT2D eigenvalue weighted by Gasteiger charge is -2.13. The second-order valence-electron chi connectivity index (χ2n) is 6.01. The van der Waals surface area contributed by atoms with Crippen LogP contribution in [0.3, 0.4) is 0 Å². The molecule has 1 amide bonds. The third kappa shape index (κ3) is 4.02. The highest BCUT2D eigenvalue weighted by Crippen LogP contribution is 2.32. The molecule has 0 aliphatic heterocycles. The first-order chi connectivity index (χ1) is 13.7. The van der Waals surface area contributed by atoms with Crippen molar-refractivity contribution >= 4 is 29.0 Å². The fourth-order valence-corrected chi connectivity index (χ4v) is 4.25. The van der Waals surface area contributed by atoms with Crippen LogP contribution in [0.15, 0.2) is 75.8 Å². The quantitative estimate of drug-likeness (QED) is 0.458. The first-order valence-corrected chi connectivity index (χ1v) is 10.5. The van der Waals surface area contributed by atoms with E-state index in [2.05, 4.69) is 15.5 Å². The van der Waals surface area contributed by atoms with Crippen molar-refractivity contribution in [3.05, 3.63) is 72.0 Å². The van der Waals surface area contributed by atoms with Gasteiger partial charge in [0.25, 0.3) is 0 Å². The van der Waals surface area contributed by atoms with Crippen LogP contribution in [0, 0.1) is 0 Å². The first kappa shape index (κ1) is 18.5. The summed E-state index contributed by atoms with van der Waals surface area (Å²) >= 11 is 2.99. The molecule has 0 spiro atoms. The molecule has 6 nitrogen and oxygen atoms in total. The van der Waals surface area contributed by atoms with Crippen molar-refractivity contribution < 1.29 is 9.21 Å². The van der Waals surface area contributed by atoms with Gasteiger partial charge in [-0.25, -0.2) is 0 Å². The Morgan fingerprint density at radius 3 is 2.75 bits per heavy atom. The summed E-state index contributed by atoms with van der Waals surface area (Å²) in [5.41, 5.74) is 0.960. The molecule has 28 heavy (non-hydrogen) atoms. The smallest absolute Gasteiger partial charge is 0.233 e. The Hall–Kier alpha value is -2.84. The summed E-state index contributed by atoms with van der Waals surface area (Å²) in [4.78, 5) is 13.5. The number of thiophene rings is 1. The second kappa shape index (κ2) is 8.45. The van der Waals surface area contributed by atoms with Crippen molar-refractivity contribution in [1.29, 1.82) is 0 Å². The Balaban J connectivity index is 1.56. The minimum absolute atomic E-state index is 0.0818. The average molecular weight is 411 g/mol. The molecule has 0 aliphatic rings. The minimum atomic E-state index is -0.335. The van der Waals surface area contributed by atoms with Gasteiger partial charge < -0.3 is 9.73 Å². The molecular weight excluding hydrogens is 392 g/mol. The van der Waals surface area contributed by atoms with E-state index in [1.54, 1.807) is 23.7 Å². The van der Waals surface area contributed by atoms with Crippen molar-refractivity contribution in [3.63, 3.8) is 0 Å². The molecule has 0 unspecified atom stereocenters. The van der Waals surface area contributed by atoms with Gasteiger partial charge in [-0.2, -0.15) is 0 Å². The highest BCUT2D eigenvalue weighted by Gasteiger charge is 2.22. The molecule has 3 aromatic heterocycles. The zero-order valence-corrected chi connectivity index (χ0v) is 16.7. The Morgan fingerprint density at radius 1 is 1.18 bits per heavy atom. The van der Waals surface area contributed by atoms with Crippen LogP contribution in [0.4, 0.5) is 0 Å². The van der Waals surface area contributed by atoms with Gasteiger partial charge in [0.1, 0.15) is 5.76 Å². The normalized spacial score (nSPS) is 12.0. The number of nitrogens with one attached hydrogen (secondary N) is 1. The van der Waals surface area contributed by atoms with E-state index in [0.717, 1.165) is 22.1 Å². The van der Waals surface area contributed by atoms with Crippen LogP contribution in [0.2, 0.25) is 0 Å². The predicted octanol–water partition coefficient (Wildman–Crippen LogP) is 4.39. The summed E-state index contributed by atoms with van der Waals surface area (Å²) in [6.07, 6.45) is 1.59. The number of rotatable bonds is 7. The van der Waals surface area contributed by atoms with Gasteiger partial charge >= 0.3 is 0 Å². The fourth-order valence-electron chi connectivity index (χ4n) is 2.66. The number of thioether (sulfide) groups is 1. The van der Waals surface area contributed by atoms with Crippen molar-refractivity contribution in [1.82, 2.24) is 20.1 Å². The maximum atomic E-state index is 12.5. The summed E-state index contributed by atoms with van der Waals surface area (Å²) in [5.74, 6) is 1.41. The highest BCUT2D eigenvalue weighted by molar-refractivity contribution is 8.00. The number of furan rings is 1. The zero-order chi connectivity index (χ0) is 19.3. The largest absolute Gasteiger partial charge is 0.467 e. The Kier molecular flexibility index (Phi) is 5.59. The number of aromatic nitrogens is 3. The van der Waals surface area contributed by atoms with E-state index in [0.29, 0.717) is 11.7 Å². The predicted molar refractivity (Wildman–Crippen MR) is 111 cm³/mol. The number of hydrogen-bond acceptors (Lipinski definition) is 6. The second-order valence-corrected chi connectivity index (χ2v) is 8.27. The van der Waals surface area contributed by atoms with Gasteiger partial charge in [-0.3, -0.25) is 9.36 Å². The number of nitrogens with zero attached hydrogens (tertiary/aromatic N) is 3. The lowest BCUT2D eigenvalue weighted by molar-refractivity contribution is -0.120. The monoisotopic (exact) mass is 410 g/mol. The van der Waals surface area contributed by atoms with Gasteiger partial charge in [0.05, 0.1) is 22.9 Å². The maximum Gasteiger partial charge on any atom is 0.233 e. The molecule has 4 aromatic rings. The molecule has 8 heteroatoms. The first-order valence-electron chi connectivity index (χ1n) is 8.74. The van der Waals surface area contributed by atoms with Gasteiger partial charge in [-0.05, 0) is 42.6 Å². The van der Waals surface area contributed by atoms with Crippen LogP contribution in [-0.4, -0.2) is 25.9 Å². The van der Waals surface area contributed by atoms with Gasteiger partial charge in [0.2, 0.25) is 5.91 Å². The lowest BCUT2D eigenvalue weighted by atomic mass is 10.3. The standard InChI is InChI=1S/C20H18N4O2S2/c1-14(19(25)21-13-16-9-5-11-26-16)28-20-23-22-18(17-10-6-12-27-17)24(20)15-7-3-2-4-8-15/h2-12,14H,13H2,1H3,(H,21,25)/t14-/m1/s1. The Morgan fingerprint density at radius 2 is 2.04 bits per heavy atom. The summed E-state index contributed by atoms with van der Waals surface area (Å²) < 4.78 is 7.25. The molecular formula is C20H18N4O2S2. The van der Waals surface area contributed by atoms with E-state index < -0.39 is 0 Å². The van der Waals surface area contributed by atoms with Crippen LogP contribution in [0.1, 0.15) is 12.7 Å². The summed E-state index contributed by atoms with van der Waals surface area (Å²) in [6, 6.07) is 17.6. The molecule has 4 rings (SSSR count). The zero-order valence-electron chi connectivity index (χ0n) is 15.1. The highest BCUT2D eigenvalue weighted by atomic mass is 32.2. The minimum Gasteiger partial charge on any atom is -0.467 e. The maximum absolute atomic E-state index is 12.5. The van der Waals surface area contributed by atoms with Crippen LogP contribution >= 0.6 is 23.1 Å². The molecule has 1 atom stereocenters. The van der Waals surface area contributed by atoms with Crippen LogP contribution in [-0.2, 0) is 11.3 Å². The van der Waals surface area contributed by atoms with Crippen molar-refractivity contribution in [2.75, 3.05) is 0 Å². The van der Waals surface area contributed by atoms with Crippen molar-refractivity contribution in [3.8, 4) is 16.4 Å². The summed E-state index contributed by atoms with van der Waals surface area (Å²) in [6.45, 7) is 2.22. The van der Waals surface area contributed by atoms with Crippen molar-refractivity contribution in [2.24, 2.45) is 0 Å². The number of para-hydroxylation sites is 1. The fraction of sp³-hybridized carbons (Fsp3) is 0.150. The molecule has 3 heterocycles. The molecule has 0 fully saturated rings. The molecule has 0 aliphatic carbocycles. The Bertz CT molecular complexity index is 1030. The third-order valence-electron chi connectivity index (χ3n) is 4.06. The number of benzene rings is 1. The van der Waals surface area contributed by atoms with E-state index in [1.165, 1.54) is 11.8 Å². The van der Waals surface area contributed by atoms with E-state index >= 15 is 0 Å². The van der Waals surface area contributed by atoms with E-state index in [-0.39, 0.29) is 11.2 Å². The molecule has 1 aromatic carbocycles.